The maximum absolute atomic E-state index is 14.3. The van der Waals surface area contributed by atoms with Gasteiger partial charge < -0.3 is 4.90 Å². The lowest BCUT2D eigenvalue weighted by Crippen LogP contribution is -2.48. The number of benzene rings is 2. The van der Waals surface area contributed by atoms with Gasteiger partial charge in [0.1, 0.15) is 17.2 Å². The molecule has 7 heteroatoms. The molecule has 1 spiro atoms. The standard InChI is InChI=1S/C25H27ClF2N2O2/c1-24(2,3)21(31)14-29-11-9-25(10-12-29)15-30(20-8-7-16(26)13-17(20)25)23(32)22-18(27)5-4-6-19(22)28/h4-8,13H,9-12,14-15H2,1-3H3. The third-order valence-electron chi connectivity index (χ3n) is 6.72. The zero-order valence-corrected chi connectivity index (χ0v) is 19.3. The van der Waals surface area contributed by atoms with Gasteiger partial charge in [0.15, 0.2) is 5.78 Å². The first kappa shape index (κ1) is 22.9. The van der Waals surface area contributed by atoms with E-state index in [4.69, 9.17) is 11.6 Å². The van der Waals surface area contributed by atoms with Crippen molar-refractivity contribution in [3.8, 4) is 0 Å². The van der Waals surface area contributed by atoms with E-state index in [9.17, 15) is 18.4 Å². The van der Waals surface area contributed by atoms with Gasteiger partial charge in [0.25, 0.3) is 5.91 Å². The van der Waals surface area contributed by atoms with Crippen molar-refractivity contribution in [2.45, 2.75) is 39.0 Å². The molecule has 4 nitrogen and oxygen atoms in total. The van der Waals surface area contributed by atoms with Gasteiger partial charge in [0, 0.05) is 28.1 Å². The van der Waals surface area contributed by atoms with E-state index in [-0.39, 0.29) is 11.2 Å². The molecule has 0 saturated carbocycles. The largest absolute Gasteiger partial charge is 0.307 e. The zero-order chi connectivity index (χ0) is 23.3. The number of nitrogens with zero attached hydrogens (tertiary/aromatic N) is 2. The zero-order valence-electron chi connectivity index (χ0n) is 18.6. The molecule has 2 heterocycles. The number of rotatable bonds is 3. The van der Waals surface area contributed by atoms with Crippen LogP contribution in [0.25, 0.3) is 0 Å². The van der Waals surface area contributed by atoms with Gasteiger partial charge in [-0.05, 0) is 61.8 Å². The number of anilines is 1. The van der Waals surface area contributed by atoms with Gasteiger partial charge in [-0.2, -0.15) is 0 Å². The number of carbonyl (C=O) groups is 2. The number of Topliss-reactive ketones (excluding diaryl/α,β-unsaturated/α-hetero) is 1. The quantitative estimate of drug-likeness (QED) is 0.630. The van der Waals surface area contributed by atoms with Crippen LogP contribution in [0.1, 0.15) is 49.5 Å². The molecule has 2 aromatic carbocycles. The Labute approximate surface area is 192 Å². The number of hydrogen-bond acceptors (Lipinski definition) is 3. The minimum Gasteiger partial charge on any atom is -0.307 e. The number of fused-ring (bicyclic) bond motifs is 2. The highest BCUT2D eigenvalue weighted by Gasteiger charge is 2.47. The Bertz CT molecular complexity index is 1050. The van der Waals surface area contributed by atoms with Crippen molar-refractivity contribution in [3.05, 3.63) is 64.2 Å². The molecule has 170 valence electrons. The molecule has 0 aliphatic carbocycles. The SMILES string of the molecule is CC(C)(C)C(=O)CN1CCC2(CC1)CN(C(=O)c1c(F)cccc1F)c1ccc(Cl)cc12. The Morgan fingerprint density at radius 3 is 2.28 bits per heavy atom. The Balaban J connectivity index is 1.62. The average Bonchev–Trinajstić information content (AvgIpc) is 3.02. The van der Waals surface area contributed by atoms with Gasteiger partial charge in [-0.3, -0.25) is 14.5 Å². The predicted octanol–water partition coefficient (Wildman–Crippen LogP) is 5.23. The summed E-state index contributed by atoms with van der Waals surface area (Å²) in [6, 6.07) is 8.73. The Morgan fingerprint density at radius 2 is 1.69 bits per heavy atom. The number of hydrogen-bond donors (Lipinski definition) is 0. The summed E-state index contributed by atoms with van der Waals surface area (Å²) in [5, 5.41) is 0.555. The van der Waals surface area contributed by atoms with E-state index in [0.29, 0.717) is 36.9 Å². The molecule has 1 saturated heterocycles. The highest BCUT2D eigenvalue weighted by atomic mass is 35.5. The van der Waals surface area contributed by atoms with E-state index >= 15 is 0 Å². The highest BCUT2D eigenvalue weighted by Crippen LogP contribution is 2.48. The summed E-state index contributed by atoms with van der Waals surface area (Å²) >= 11 is 6.29. The molecule has 1 fully saturated rings. The summed E-state index contributed by atoms with van der Waals surface area (Å²) in [5.74, 6) is -2.24. The summed E-state index contributed by atoms with van der Waals surface area (Å²) in [6.45, 7) is 7.87. The third-order valence-corrected chi connectivity index (χ3v) is 6.96. The van der Waals surface area contributed by atoms with E-state index in [1.54, 1.807) is 12.1 Å². The second-order valence-electron chi connectivity index (χ2n) is 9.88. The van der Waals surface area contributed by atoms with Crippen LogP contribution in [0.4, 0.5) is 14.5 Å². The summed E-state index contributed by atoms with van der Waals surface area (Å²) in [7, 11) is 0. The normalized spacial score (nSPS) is 18.1. The van der Waals surface area contributed by atoms with Gasteiger partial charge in [0.2, 0.25) is 0 Å². The average molecular weight is 461 g/mol. The second-order valence-corrected chi connectivity index (χ2v) is 10.3. The van der Waals surface area contributed by atoms with Crippen LogP contribution in [0.3, 0.4) is 0 Å². The predicted molar refractivity (Wildman–Crippen MR) is 121 cm³/mol. The van der Waals surface area contributed by atoms with Crippen LogP contribution < -0.4 is 4.90 Å². The van der Waals surface area contributed by atoms with Crippen molar-refractivity contribution in [2.24, 2.45) is 5.41 Å². The summed E-state index contributed by atoms with van der Waals surface area (Å²) < 4.78 is 28.7. The fourth-order valence-corrected chi connectivity index (χ4v) is 4.84. The van der Waals surface area contributed by atoms with Gasteiger partial charge >= 0.3 is 0 Å². The maximum Gasteiger partial charge on any atom is 0.264 e. The van der Waals surface area contributed by atoms with Gasteiger partial charge in [0.05, 0.1) is 6.54 Å². The highest BCUT2D eigenvalue weighted by molar-refractivity contribution is 6.30. The van der Waals surface area contributed by atoms with Gasteiger partial charge in [-0.15, -0.1) is 0 Å². The van der Waals surface area contributed by atoms with Crippen molar-refractivity contribution in [1.82, 2.24) is 4.90 Å². The van der Waals surface area contributed by atoms with Crippen LogP contribution >= 0.6 is 11.6 Å². The van der Waals surface area contributed by atoms with Crippen LogP contribution in [0.5, 0.6) is 0 Å². The van der Waals surface area contributed by atoms with Crippen LogP contribution in [0.2, 0.25) is 5.02 Å². The number of piperidine rings is 1. The Hall–Kier alpha value is -2.31. The Kier molecular flexibility index (Phi) is 5.88. The smallest absolute Gasteiger partial charge is 0.264 e. The van der Waals surface area contributed by atoms with E-state index in [0.717, 1.165) is 30.5 Å². The molecule has 0 radical (unpaired) electrons. The van der Waals surface area contributed by atoms with Crippen molar-refractivity contribution in [2.75, 3.05) is 31.1 Å². The van der Waals surface area contributed by atoms with Gasteiger partial charge in [-0.25, -0.2) is 8.78 Å². The minimum absolute atomic E-state index is 0.190. The molecule has 4 rings (SSSR count). The maximum atomic E-state index is 14.3. The number of likely N-dealkylation sites (tertiary alicyclic amines) is 1. The fourth-order valence-electron chi connectivity index (χ4n) is 4.67. The number of carbonyl (C=O) groups excluding carboxylic acids is 2. The van der Waals surface area contributed by atoms with Crippen LogP contribution in [0.15, 0.2) is 36.4 Å². The fraction of sp³-hybridized carbons (Fsp3) is 0.440. The van der Waals surface area contributed by atoms with E-state index in [1.807, 2.05) is 26.8 Å². The summed E-state index contributed by atoms with van der Waals surface area (Å²) in [6.07, 6.45) is 1.45. The van der Waals surface area contributed by atoms with Crippen molar-refractivity contribution >= 4 is 29.0 Å². The molecule has 2 aliphatic heterocycles. The molecule has 0 bridgehead atoms. The number of halogens is 3. The van der Waals surface area contributed by atoms with Crippen LogP contribution in [0, 0.1) is 17.0 Å². The molecule has 0 aromatic heterocycles. The number of amides is 1. The first-order chi connectivity index (χ1) is 15.0. The molecule has 2 aromatic rings. The summed E-state index contributed by atoms with van der Waals surface area (Å²) in [4.78, 5) is 29.3. The van der Waals surface area contributed by atoms with Crippen molar-refractivity contribution in [3.63, 3.8) is 0 Å². The molecule has 1 amide bonds. The monoisotopic (exact) mass is 460 g/mol. The summed E-state index contributed by atoms with van der Waals surface area (Å²) in [5.41, 5.74) is 0.269. The van der Waals surface area contributed by atoms with Crippen molar-refractivity contribution < 1.29 is 18.4 Å². The molecular weight excluding hydrogens is 434 g/mol. The first-order valence-corrected chi connectivity index (χ1v) is 11.2. The van der Waals surface area contributed by atoms with E-state index < -0.39 is 28.5 Å². The first-order valence-electron chi connectivity index (χ1n) is 10.8. The molecular formula is C25H27ClF2N2O2. The van der Waals surface area contributed by atoms with E-state index in [1.165, 1.54) is 11.0 Å². The lowest BCUT2D eigenvalue weighted by Gasteiger charge is -2.40. The van der Waals surface area contributed by atoms with Crippen LogP contribution in [-0.2, 0) is 10.2 Å². The van der Waals surface area contributed by atoms with Crippen molar-refractivity contribution in [1.29, 1.82) is 0 Å². The molecule has 32 heavy (non-hydrogen) atoms. The van der Waals surface area contributed by atoms with E-state index in [2.05, 4.69) is 4.90 Å². The molecule has 0 unspecified atom stereocenters. The third kappa shape index (κ3) is 4.06. The van der Waals surface area contributed by atoms with Gasteiger partial charge in [-0.1, -0.05) is 38.4 Å². The topological polar surface area (TPSA) is 40.6 Å². The minimum atomic E-state index is -0.873. The molecule has 2 aliphatic rings. The lowest BCUT2D eigenvalue weighted by molar-refractivity contribution is -0.127. The van der Waals surface area contributed by atoms with Crippen LogP contribution in [-0.4, -0.2) is 42.8 Å². The second kappa shape index (κ2) is 8.23. The Morgan fingerprint density at radius 1 is 1.06 bits per heavy atom. The number of ketones is 1. The molecule has 0 atom stereocenters. The lowest BCUT2D eigenvalue weighted by atomic mass is 9.74. The molecule has 0 N–H and O–H groups in total.